The predicted octanol–water partition coefficient (Wildman–Crippen LogP) is 4.25. The molecule has 26 heavy (non-hydrogen) atoms. The van der Waals surface area contributed by atoms with Gasteiger partial charge in [-0.2, -0.15) is 5.10 Å². The quantitative estimate of drug-likeness (QED) is 0.711. The Morgan fingerprint density at radius 2 is 2.15 bits per heavy atom. The molecule has 3 aliphatic carbocycles. The van der Waals surface area contributed by atoms with Crippen molar-refractivity contribution < 1.29 is 4.79 Å². The number of carbonyl (C=O) groups excluding carboxylic acids is 1. The van der Waals surface area contributed by atoms with Crippen LogP contribution in [0.25, 0.3) is 0 Å². The van der Waals surface area contributed by atoms with Gasteiger partial charge in [-0.15, -0.1) is 0 Å². The summed E-state index contributed by atoms with van der Waals surface area (Å²) in [5.74, 6) is 2.11. The number of anilines is 1. The third-order valence-electron chi connectivity index (χ3n) is 6.82. The van der Waals surface area contributed by atoms with Crippen LogP contribution < -0.4 is 10.9 Å². The van der Waals surface area contributed by atoms with E-state index in [0.717, 1.165) is 36.8 Å². The summed E-state index contributed by atoms with van der Waals surface area (Å²) in [4.78, 5) is 24.5. The van der Waals surface area contributed by atoms with E-state index in [1.165, 1.54) is 11.1 Å². The average molecular weight is 424 g/mol. The van der Waals surface area contributed by atoms with Gasteiger partial charge in [-0.3, -0.25) is 9.59 Å². The number of nitrogens with one attached hydrogen (secondary N) is 1. The van der Waals surface area contributed by atoms with Crippen molar-refractivity contribution >= 4 is 27.4 Å². The lowest BCUT2D eigenvalue weighted by molar-refractivity contribution is -0.120. The molecule has 144 valence electrons. The van der Waals surface area contributed by atoms with Crippen molar-refractivity contribution in [3.05, 3.63) is 21.0 Å². The second kappa shape index (κ2) is 7.45. The summed E-state index contributed by atoms with van der Waals surface area (Å²) in [5.41, 5.74) is 0.937. The number of halogens is 1. The van der Waals surface area contributed by atoms with Gasteiger partial charge in [0.2, 0.25) is 0 Å². The first-order valence-corrected chi connectivity index (χ1v) is 10.6. The fourth-order valence-corrected chi connectivity index (χ4v) is 5.26. The van der Waals surface area contributed by atoms with Gasteiger partial charge in [0.15, 0.2) is 5.78 Å². The smallest absolute Gasteiger partial charge is 0.283 e. The van der Waals surface area contributed by atoms with Crippen molar-refractivity contribution in [2.24, 2.45) is 23.2 Å². The molecule has 0 aliphatic heterocycles. The van der Waals surface area contributed by atoms with E-state index < -0.39 is 0 Å². The second-order valence-corrected chi connectivity index (χ2v) is 9.48. The summed E-state index contributed by atoms with van der Waals surface area (Å²) < 4.78 is 1.74. The zero-order valence-electron chi connectivity index (χ0n) is 16.2. The van der Waals surface area contributed by atoms with Crippen LogP contribution in [0.1, 0.15) is 59.8 Å². The summed E-state index contributed by atoms with van der Waals surface area (Å²) in [7, 11) is 0. The molecule has 0 amide bonds. The first kappa shape index (κ1) is 19.6. The van der Waals surface area contributed by atoms with Gasteiger partial charge in [-0.1, -0.05) is 34.1 Å². The zero-order valence-corrected chi connectivity index (χ0v) is 17.8. The predicted molar refractivity (Wildman–Crippen MR) is 107 cm³/mol. The third-order valence-corrected chi connectivity index (χ3v) is 7.58. The van der Waals surface area contributed by atoms with Gasteiger partial charge in [0.25, 0.3) is 5.56 Å². The summed E-state index contributed by atoms with van der Waals surface area (Å²) >= 11 is 3.42. The molecule has 1 aromatic rings. The SMILES string of the molecule is CCCCC(=O)Cn1ncc(N[C@@H]2C[C@H]3C[C@@H]([C@H]2C)C3(C)C)c(Br)c1=O. The molecule has 0 saturated heterocycles. The molecule has 4 atom stereocenters. The minimum Gasteiger partial charge on any atom is -0.380 e. The van der Waals surface area contributed by atoms with Crippen LogP contribution in [-0.2, 0) is 11.3 Å². The summed E-state index contributed by atoms with van der Waals surface area (Å²) in [6.45, 7) is 9.18. The molecule has 1 heterocycles. The number of aromatic nitrogens is 2. The Bertz CT molecular complexity index is 743. The number of rotatable bonds is 7. The number of ketones is 1. The zero-order chi connectivity index (χ0) is 19.1. The molecule has 0 aromatic carbocycles. The number of carbonyl (C=O) groups is 1. The van der Waals surface area contributed by atoms with Gasteiger partial charge in [-0.05, 0) is 58.4 Å². The molecule has 3 fully saturated rings. The molecule has 1 aromatic heterocycles. The number of Topliss-reactive ketones (excluding diaryl/α,β-unsaturated/α-hetero) is 1. The number of nitrogens with zero attached hydrogens (tertiary/aromatic N) is 2. The van der Waals surface area contributed by atoms with E-state index in [0.29, 0.717) is 28.3 Å². The standard InChI is InChI=1S/C20H30BrN3O2/c1-5-6-7-14(25)11-24-19(26)18(21)17(10-22-24)23-16-9-13-8-15(12(16)2)20(13,3)4/h10,12-13,15-16,23H,5-9,11H2,1-4H3/t12-,13-,15+,16-/m1/s1. The molecule has 2 bridgehead atoms. The molecular weight excluding hydrogens is 394 g/mol. The lowest BCUT2D eigenvalue weighted by Gasteiger charge is -2.62. The fourth-order valence-electron chi connectivity index (χ4n) is 4.84. The van der Waals surface area contributed by atoms with Crippen LogP contribution in [0.5, 0.6) is 0 Å². The Kier molecular flexibility index (Phi) is 5.61. The Morgan fingerprint density at radius 3 is 2.77 bits per heavy atom. The van der Waals surface area contributed by atoms with Crippen molar-refractivity contribution in [3.8, 4) is 0 Å². The van der Waals surface area contributed by atoms with Crippen LogP contribution in [-0.4, -0.2) is 21.6 Å². The lowest BCUT2D eigenvalue weighted by atomic mass is 9.45. The highest BCUT2D eigenvalue weighted by atomic mass is 79.9. The molecule has 5 nitrogen and oxygen atoms in total. The molecule has 1 N–H and O–H groups in total. The summed E-state index contributed by atoms with van der Waals surface area (Å²) in [6.07, 6.45) is 6.46. The Hall–Kier alpha value is -1.17. The number of fused-ring (bicyclic) bond motifs is 2. The van der Waals surface area contributed by atoms with E-state index in [-0.39, 0.29) is 17.9 Å². The highest BCUT2D eigenvalue weighted by Crippen LogP contribution is 2.61. The number of hydrogen-bond donors (Lipinski definition) is 1. The second-order valence-electron chi connectivity index (χ2n) is 8.68. The molecule has 0 radical (unpaired) electrons. The molecule has 3 aliphatic rings. The molecule has 0 spiro atoms. The minimum atomic E-state index is -0.242. The van der Waals surface area contributed by atoms with Crippen molar-refractivity contribution in [1.82, 2.24) is 9.78 Å². The van der Waals surface area contributed by atoms with Crippen molar-refractivity contribution in [2.75, 3.05) is 5.32 Å². The van der Waals surface area contributed by atoms with Gasteiger partial charge in [0.1, 0.15) is 11.0 Å². The first-order valence-electron chi connectivity index (χ1n) is 9.79. The normalized spacial score (nSPS) is 29.1. The van der Waals surface area contributed by atoms with Crippen LogP contribution in [0.15, 0.2) is 15.5 Å². The third kappa shape index (κ3) is 3.49. The van der Waals surface area contributed by atoms with Gasteiger partial charge in [0, 0.05) is 12.5 Å². The monoisotopic (exact) mass is 423 g/mol. The van der Waals surface area contributed by atoms with E-state index in [1.807, 2.05) is 6.92 Å². The highest BCUT2D eigenvalue weighted by molar-refractivity contribution is 9.10. The maximum atomic E-state index is 12.6. The van der Waals surface area contributed by atoms with E-state index in [2.05, 4.69) is 47.1 Å². The van der Waals surface area contributed by atoms with Gasteiger partial charge < -0.3 is 5.32 Å². The lowest BCUT2D eigenvalue weighted by Crippen LogP contribution is -2.58. The highest BCUT2D eigenvalue weighted by Gasteiger charge is 2.56. The molecule has 6 heteroatoms. The van der Waals surface area contributed by atoms with E-state index in [1.54, 1.807) is 6.20 Å². The molecular formula is C20H30BrN3O2. The Labute approximate surface area is 164 Å². The van der Waals surface area contributed by atoms with Crippen molar-refractivity contribution in [2.45, 2.75) is 72.4 Å². The van der Waals surface area contributed by atoms with Crippen molar-refractivity contribution in [1.29, 1.82) is 0 Å². The number of unbranched alkanes of at least 4 members (excludes halogenated alkanes) is 1. The van der Waals surface area contributed by atoms with Crippen molar-refractivity contribution in [3.63, 3.8) is 0 Å². The number of hydrogen-bond acceptors (Lipinski definition) is 4. The Balaban J connectivity index is 1.69. The van der Waals surface area contributed by atoms with Crippen LogP contribution in [0.3, 0.4) is 0 Å². The van der Waals surface area contributed by atoms with Crippen LogP contribution >= 0.6 is 15.9 Å². The summed E-state index contributed by atoms with van der Waals surface area (Å²) in [6, 6.07) is 0.367. The summed E-state index contributed by atoms with van der Waals surface area (Å²) in [5, 5.41) is 7.77. The molecule has 0 unspecified atom stereocenters. The van der Waals surface area contributed by atoms with E-state index in [9.17, 15) is 9.59 Å². The van der Waals surface area contributed by atoms with E-state index >= 15 is 0 Å². The maximum Gasteiger partial charge on any atom is 0.283 e. The largest absolute Gasteiger partial charge is 0.380 e. The Morgan fingerprint density at radius 1 is 1.42 bits per heavy atom. The van der Waals surface area contributed by atoms with Gasteiger partial charge in [-0.25, -0.2) is 4.68 Å². The van der Waals surface area contributed by atoms with Crippen LogP contribution in [0.4, 0.5) is 5.69 Å². The average Bonchev–Trinajstić information content (AvgIpc) is 2.60. The maximum absolute atomic E-state index is 12.6. The van der Waals surface area contributed by atoms with Gasteiger partial charge in [0.05, 0.1) is 11.9 Å². The van der Waals surface area contributed by atoms with Crippen LogP contribution in [0, 0.1) is 23.2 Å². The van der Waals surface area contributed by atoms with Gasteiger partial charge >= 0.3 is 0 Å². The van der Waals surface area contributed by atoms with E-state index in [4.69, 9.17) is 0 Å². The molecule has 3 saturated carbocycles. The minimum absolute atomic E-state index is 0.0515. The fraction of sp³-hybridized carbons (Fsp3) is 0.750. The van der Waals surface area contributed by atoms with Crippen LogP contribution in [0.2, 0.25) is 0 Å². The molecule has 4 rings (SSSR count). The topological polar surface area (TPSA) is 64.0 Å². The first-order chi connectivity index (χ1) is 12.3.